The maximum atomic E-state index is 13.6. The predicted octanol–water partition coefficient (Wildman–Crippen LogP) is 6.58. The van der Waals surface area contributed by atoms with Gasteiger partial charge in [0.1, 0.15) is 5.69 Å². The third-order valence-corrected chi connectivity index (χ3v) is 5.11. The first kappa shape index (κ1) is 21.6. The molecule has 0 spiro atoms. The maximum absolute atomic E-state index is 13.6. The summed E-state index contributed by atoms with van der Waals surface area (Å²) >= 11 is 9.64. The molecule has 0 aliphatic rings. The molecule has 2 aromatic carbocycles. The molecule has 0 N–H and O–H groups in total. The van der Waals surface area contributed by atoms with Crippen molar-refractivity contribution in [1.82, 2.24) is 0 Å². The highest BCUT2D eigenvalue weighted by atomic mass is 79.9. The zero-order valence-corrected chi connectivity index (χ0v) is 17.8. The summed E-state index contributed by atoms with van der Waals surface area (Å²) in [5.74, 6) is 0. The van der Waals surface area contributed by atoms with Crippen LogP contribution in [0.4, 0.5) is 35.9 Å². The topological polar surface area (TPSA) is 89.5 Å². The summed E-state index contributed by atoms with van der Waals surface area (Å²) in [7, 11) is 1.20. The molecule has 2 rings (SSSR count). The van der Waals surface area contributed by atoms with Crippen LogP contribution in [-0.2, 0) is 6.18 Å². The normalized spacial score (nSPS) is 11.4. The van der Waals surface area contributed by atoms with Gasteiger partial charge in [-0.3, -0.25) is 20.2 Å². The molecule has 144 valence electrons. The van der Waals surface area contributed by atoms with Gasteiger partial charge in [-0.2, -0.15) is 13.2 Å². The van der Waals surface area contributed by atoms with Gasteiger partial charge in [0.2, 0.25) is 0 Å². The highest BCUT2D eigenvalue weighted by molar-refractivity contribution is 9.11. The molecule has 0 aliphatic heterocycles. The largest absolute Gasteiger partial charge is 0.418 e. The van der Waals surface area contributed by atoms with Gasteiger partial charge in [0.05, 0.1) is 27.2 Å². The third kappa shape index (κ3) is 4.41. The first-order valence-electron chi connectivity index (χ1n) is 6.77. The van der Waals surface area contributed by atoms with Crippen LogP contribution in [-0.4, -0.2) is 16.9 Å². The van der Waals surface area contributed by atoms with Crippen LogP contribution in [0, 0.1) is 20.2 Å². The number of alkyl halides is 3. The highest BCUT2D eigenvalue weighted by Gasteiger charge is 2.41. The van der Waals surface area contributed by atoms with Crippen LogP contribution in [0.3, 0.4) is 0 Å². The van der Waals surface area contributed by atoms with Gasteiger partial charge in [-0.25, -0.2) is 0 Å². The number of non-ortho nitro benzene ring substituents is 1. The Morgan fingerprint density at radius 3 is 1.85 bits per heavy atom. The lowest BCUT2D eigenvalue weighted by Gasteiger charge is -2.25. The van der Waals surface area contributed by atoms with Crippen molar-refractivity contribution in [2.24, 2.45) is 0 Å². The number of nitrogens with zero attached hydrogens (tertiary/aromatic N) is 3. The second-order valence-electron chi connectivity index (χ2n) is 5.15. The highest BCUT2D eigenvalue weighted by Crippen LogP contribution is 2.48. The van der Waals surface area contributed by atoms with Gasteiger partial charge in [0.15, 0.2) is 0 Å². The third-order valence-electron chi connectivity index (χ3n) is 3.44. The minimum absolute atomic E-state index is 0.167. The predicted molar refractivity (Wildman–Crippen MR) is 102 cm³/mol. The van der Waals surface area contributed by atoms with Crippen molar-refractivity contribution >= 4 is 70.5 Å². The number of hydrogen-bond acceptors (Lipinski definition) is 5. The van der Waals surface area contributed by atoms with Crippen LogP contribution < -0.4 is 4.90 Å². The summed E-state index contributed by atoms with van der Waals surface area (Å²) < 4.78 is 42.0. The molecule has 7 nitrogen and oxygen atoms in total. The maximum Gasteiger partial charge on any atom is 0.418 e. The van der Waals surface area contributed by atoms with E-state index in [1.54, 1.807) is 12.1 Å². The Kier molecular flexibility index (Phi) is 6.16. The van der Waals surface area contributed by atoms with Crippen molar-refractivity contribution < 1.29 is 23.0 Å². The van der Waals surface area contributed by atoms with Crippen LogP contribution in [0.1, 0.15) is 5.56 Å². The Balaban J connectivity index is 2.90. The van der Waals surface area contributed by atoms with Gasteiger partial charge in [0, 0.05) is 26.5 Å². The smallest absolute Gasteiger partial charge is 0.337 e. The zero-order chi connectivity index (χ0) is 20.7. The van der Waals surface area contributed by atoms with Crippen LogP contribution >= 0.6 is 47.8 Å². The molecule has 0 aliphatic carbocycles. The lowest BCUT2D eigenvalue weighted by molar-refractivity contribution is -0.394. The summed E-state index contributed by atoms with van der Waals surface area (Å²) in [6, 6.07) is 3.86. The summed E-state index contributed by atoms with van der Waals surface area (Å²) in [6.07, 6.45) is -5.06. The van der Waals surface area contributed by atoms with Gasteiger partial charge >= 0.3 is 6.18 Å². The molecule has 0 aromatic heterocycles. The van der Waals surface area contributed by atoms with E-state index in [4.69, 9.17) is 0 Å². The SMILES string of the molecule is CN(c1c([N+](=O)[O-])cc([N+](=O)[O-])cc1C(F)(F)F)[13c]1[13c](Br)[13cH][13c](Br)[13cH][13c]1Br. The number of halogens is 6. The van der Waals surface area contributed by atoms with Crippen LogP contribution in [0.15, 0.2) is 37.7 Å². The van der Waals surface area contributed by atoms with E-state index in [0.717, 1.165) is 4.90 Å². The van der Waals surface area contributed by atoms with Gasteiger partial charge in [0.25, 0.3) is 11.4 Å². The van der Waals surface area contributed by atoms with Gasteiger partial charge in [-0.15, -0.1) is 0 Å². The quantitative estimate of drug-likeness (QED) is 0.300. The number of nitro groups is 2. The van der Waals surface area contributed by atoms with E-state index >= 15 is 0 Å². The van der Waals surface area contributed by atoms with E-state index in [9.17, 15) is 33.4 Å². The first-order valence-corrected chi connectivity index (χ1v) is 9.14. The Morgan fingerprint density at radius 1 is 0.926 bits per heavy atom. The van der Waals surface area contributed by atoms with Crippen molar-refractivity contribution in [3.8, 4) is 0 Å². The number of nitro benzene ring substituents is 2. The Morgan fingerprint density at radius 2 is 1.44 bits per heavy atom. The first-order chi connectivity index (χ1) is 12.3. The fourth-order valence-corrected chi connectivity index (χ4v) is 5.17. The van der Waals surface area contributed by atoms with Crippen molar-refractivity contribution in [2.45, 2.75) is 6.18 Å². The molecule has 0 atom stereocenters. The van der Waals surface area contributed by atoms with E-state index in [0.29, 0.717) is 19.5 Å². The van der Waals surface area contributed by atoms with Crippen molar-refractivity contribution in [2.75, 3.05) is 11.9 Å². The number of hydrogen-bond donors (Lipinski definition) is 0. The molecule has 2 aromatic rings. The van der Waals surface area contributed by atoms with E-state index in [1.165, 1.54) is 7.05 Å². The number of rotatable bonds is 4. The average Bonchev–Trinajstić information content (AvgIpc) is 2.51. The van der Waals surface area contributed by atoms with Gasteiger partial charge in [-0.05, 0) is 44.0 Å². The van der Waals surface area contributed by atoms with Gasteiger partial charge < -0.3 is 4.90 Å². The van der Waals surface area contributed by atoms with Crippen LogP contribution in [0.2, 0.25) is 0 Å². The van der Waals surface area contributed by atoms with Crippen molar-refractivity contribution in [3.05, 3.63) is 63.5 Å². The van der Waals surface area contributed by atoms with Crippen LogP contribution in [0.25, 0.3) is 0 Å². The minimum atomic E-state index is -5.06. The lowest BCUT2D eigenvalue weighted by atomic mass is 10.1. The molecule has 27 heavy (non-hydrogen) atoms. The minimum Gasteiger partial charge on any atom is -0.337 e. The Bertz CT molecular complexity index is 930. The second kappa shape index (κ2) is 7.72. The lowest BCUT2D eigenvalue weighted by Crippen LogP contribution is -2.19. The van der Waals surface area contributed by atoms with E-state index in [1.807, 2.05) is 0 Å². The molecule has 13 heteroatoms. The molecule has 0 unspecified atom stereocenters. The Labute approximate surface area is 174 Å². The molecule has 0 saturated carbocycles. The average molecular weight is 584 g/mol. The fourth-order valence-electron chi connectivity index (χ4n) is 2.38. The summed E-state index contributed by atoms with van der Waals surface area (Å²) in [5.41, 5.74) is -4.21. The molecule has 0 fully saturated rings. The summed E-state index contributed by atoms with van der Waals surface area (Å²) in [6.45, 7) is 0. The van der Waals surface area contributed by atoms with E-state index in [2.05, 4.69) is 47.8 Å². The molecular weight excluding hydrogens is 577 g/mol. The van der Waals surface area contributed by atoms with Crippen molar-refractivity contribution in [3.63, 3.8) is 0 Å². The molecule has 0 saturated heterocycles. The van der Waals surface area contributed by atoms with E-state index in [-0.39, 0.29) is 11.8 Å². The molecule has 0 amide bonds. The number of anilines is 2. The molecule has 0 heterocycles. The van der Waals surface area contributed by atoms with E-state index < -0.39 is 38.6 Å². The second-order valence-corrected chi connectivity index (χ2v) is 7.77. The van der Waals surface area contributed by atoms with Gasteiger partial charge in [-0.1, -0.05) is 15.9 Å². The standard InChI is InChI=1S/C14H7Br3F3N3O4/c1-21(13-9(16)2-6(15)3-10(13)17)12-8(14(18,19)20)4-7(22(24)25)5-11(12)23(26)27/h2-5H,1H3/i2+1,3+1,6+1,9+1,10+1,13+1. The molecular formula is C14H7Br3F3N3O4. The van der Waals surface area contributed by atoms with Crippen molar-refractivity contribution in [1.29, 1.82) is 0 Å². The monoisotopic (exact) mass is 581 g/mol. The van der Waals surface area contributed by atoms with Crippen LogP contribution in [0.5, 0.6) is 0 Å². The molecule has 0 radical (unpaired) electrons. The Hall–Kier alpha value is -1.73. The zero-order valence-electron chi connectivity index (χ0n) is 13.1. The molecule has 0 bridgehead atoms. The fraction of sp³-hybridized carbons (Fsp3) is 0.143. The summed E-state index contributed by atoms with van der Waals surface area (Å²) in [4.78, 5) is 21.1. The summed E-state index contributed by atoms with van der Waals surface area (Å²) in [5, 5.41) is 22.3. The number of benzene rings is 2.